The number of nitrogens with one attached hydrogen (secondary N) is 1. The molecule has 4 heteroatoms. The molecule has 110 valence electrons. The molecule has 3 N–H and O–H groups in total. The Labute approximate surface area is 123 Å². The van der Waals surface area contributed by atoms with Crippen molar-refractivity contribution in [3.05, 3.63) is 42.0 Å². The van der Waals surface area contributed by atoms with Crippen LogP contribution in [0.5, 0.6) is 5.75 Å². The molecule has 0 bridgehead atoms. The van der Waals surface area contributed by atoms with Gasteiger partial charge in [-0.2, -0.15) is 0 Å². The Hall–Kier alpha value is -2.07. The fraction of sp³-hybridized carbons (Fsp3) is 0.353. The number of aromatic hydroxyl groups is 1. The van der Waals surface area contributed by atoms with Crippen LogP contribution in [0, 0.1) is 0 Å². The molecule has 0 heterocycles. The van der Waals surface area contributed by atoms with Gasteiger partial charge in [0.25, 0.3) is 5.91 Å². The van der Waals surface area contributed by atoms with Crippen LogP contribution in [-0.4, -0.2) is 28.3 Å². The molecular formula is C17H19NO3. The second kappa shape index (κ2) is 5.37. The molecule has 0 atom stereocenters. The summed E-state index contributed by atoms with van der Waals surface area (Å²) in [6.07, 6.45) is 3.43. The number of aliphatic hydroxyl groups is 1. The van der Waals surface area contributed by atoms with E-state index in [1.807, 2.05) is 24.3 Å². The first-order valence-corrected chi connectivity index (χ1v) is 7.30. The van der Waals surface area contributed by atoms with Crippen molar-refractivity contribution in [2.24, 2.45) is 0 Å². The molecule has 1 aliphatic carbocycles. The predicted octanol–water partition coefficient (Wildman–Crippen LogP) is 2.58. The van der Waals surface area contributed by atoms with Gasteiger partial charge in [0.05, 0.1) is 11.2 Å². The van der Waals surface area contributed by atoms with E-state index < -0.39 is 5.60 Å². The summed E-state index contributed by atoms with van der Waals surface area (Å²) in [4.78, 5) is 12.2. The minimum atomic E-state index is -0.790. The van der Waals surface area contributed by atoms with Gasteiger partial charge in [-0.25, -0.2) is 0 Å². The highest BCUT2D eigenvalue weighted by atomic mass is 16.3. The molecule has 0 unspecified atom stereocenters. The van der Waals surface area contributed by atoms with Gasteiger partial charge in [0.1, 0.15) is 5.75 Å². The summed E-state index contributed by atoms with van der Waals surface area (Å²) in [7, 11) is 0. The summed E-state index contributed by atoms with van der Waals surface area (Å²) < 4.78 is 0. The molecule has 0 saturated heterocycles. The molecular weight excluding hydrogens is 266 g/mol. The lowest BCUT2D eigenvalue weighted by molar-refractivity contribution is 0.0449. The Morgan fingerprint density at radius 1 is 1.14 bits per heavy atom. The Bertz CT molecular complexity index is 675. The Kier molecular flexibility index (Phi) is 3.55. The number of phenolic OH excluding ortho intramolecular Hbond substituents is 1. The third kappa shape index (κ3) is 2.72. The number of hydrogen-bond acceptors (Lipinski definition) is 3. The average molecular weight is 285 g/mol. The van der Waals surface area contributed by atoms with Crippen LogP contribution in [0.3, 0.4) is 0 Å². The molecule has 2 aromatic rings. The Morgan fingerprint density at radius 3 is 2.62 bits per heavy atom. The summed E-state index contributed by atoms with van der Waals surface area (Å²) in [5.41, 5.74) is -0.544. The quantitative estimate of drug-likeness (QED) is 0.812. The van der Waals surface area contributed by atoms with Crippen molar-refractivity contribution in [1.82, 2.24) is 5.32 Å². The largest absolute Gasteiger partial charge is 0.506 e. The normalized spacial score (nSPS) is 17.0. The van der Waals surface area contributed by atoms with E-state index in [9.17, 15) is 15.0 Å². The highest BCUT2D eigenvalue weighted by Gasteiger charge is 2.31. The van der Waals surface area contributed by atoms with Gasteiger partial charge in [0.2, 0.25) is 0 Å². The molecule has 1 fully saturated rings. The number of rotatable bonds is 3. The molecule has 0 spiro atoms. The third-order valence-corrected chi connectivity index (χ3v) is 4.26. The summed E-state index contributed by atoms with van der Waals surface area (Å²) in [5, 5.41) is 24.8. The number of phenols is 1. The molecule has 4 nitrogen and oxygen atoms in total. The number of carbonyl (C=O) groups excluding carboxylic acids is 1. The van der Waals surface area contributed by atoms with Crippen molar-refractivity contribution < 1.29 is 15.0 Å². The van der Waals surface area contributed by atoms with Gasteiger partial charge in [0, 0.05) is 11.9 Å². The summed E-state index contributed by atoms with van der Waals surface area (Å²) in [6, 6.07) is 10.8. The maximum atomic E-state index is 12.2. The van der Waals surface area contributed by atoms with Gasteiger partial charge in [-0.05, 0) is 24.3 Å². The first-order chi connectivity index (χ1) is 10.1. The highest BCUT2D eigenvalue weighted by Crippen LogP contribution is 2.30. The minimum Gasteiger partial charge on any atom is -0.506 e. The van der Waals surface area contributed by atoms with Crippen LogP contribution in [0.1, 0.15) is 36.0 Å². The van der Waals surface area contributed by atoms with Gasteiger partial charge in [-0.1, -0.05) is 43.2 Å². The lowest BCUT2D eigenvalue weighted by Gasteiger charge is -2.22. The number of carbonyl (C=O) groups is 1. The van der Waals surface area contributed by atoms with E-state index in [4.69, 9.17) is 0 Å². The van der Waals surface area contributed by atoms with Gasteiger partial charge >= 0.3 is 0 Å². The van der Waals surface area contributed by atoms with E-state index in [2.05, 4.69) is 5.32 Å². The summed E-state index contributed by atoms with van der Waals surface area (Å²) in [6.45, 7) is 0.234. The van der Waals surface area contributed by atoms with Crippen LogP contribution in [0.4, 0.5) is 0 Å². The lowest BCUT2D eigenvalue weighted by Crippen LogP contribution is -2.40. The van der Waals surface area contributed by atoms with Crippen molar-refractivity contribution in [3.63, 3.8) is 0 Å². The van der Waals surface area contributed by atoms with E-state index in [-0.39, 0.29) is 23.8 Å². The van der Waals surface area contributed by atoms with Crippen LogP contribution < -0.4 is 5.32 Å². The van der Waals surface area contributed by atoms with Crippen molar-refractivity contribution in [2.45, 2.75) is 31.3 Å². The highest BCUT2D eigenvalue weighted by molar-refractivity contribution is 6.03. The first kappa shape index (κ1) is 13.9. The standard InChI is InChI=1S/C17H19NO3/c19-15-13-6-2-1-5-12(13)7-8-14(15)16(20)18-11-17(21)9-3-4-10-17/h1-2,5-8,19,21H,3-4,9-11H2,(H,18,20). The molecule has 0 aliphatic heterocycles. The van der Waals surface area contributed by atoms with E-state index in [0.29, 0.717) is 5.39 Å². The maximum Gasteiger partial charge on any atom is 0.255 e. The van der Waals surface area contributed by atoms with Crippen LogP contribution in [0.2, 0.25) is 0 Å². The fourth-order valence-corrected chi connectivity index (χ4v) is 2.99. The van der Waals surface area contributed by atoms with Crippen LogP contribution >= 0.6 is 0 Å². The van der Waals surface area contributed by atoms with Crippen LogP contribution in [0.25, 0.3) is 10.8 Å². The van der Waals surface area contributed by atoms with E-state index in [1.165, 1.54) is 0 Å². The van der Waals surface area contributed by atoms with Gasteiger partial charge in [-0.15, -0.1) is 0 Å². The molecule has 3 rings (SSSR count). The molecule has 0 radical (unpaired) electrons. The zero-order valence-electron chi connectivity index (χ0n) is 11.8. The zero-order chi connectivity index (χ0) is 14.9. The van der Waals surface area contributed by atoms with Crippen molar-refractivity contribution >= 4 is 16.7 Å². The number of fused-ring (bicyclic) bond motifs is 1. The minimum absolute atomic E-state index is 0.0102. The molecule has 1 saturated carbocycles. The monoisotopic (exact) mass is 285 g/mol. The smallest absolute Gasteiger partial charge is 0.255 e. The van der Waals surface area contributed by atoms with E-state index in [0.717, 1.165) is 31.1 Å². The van der Waals surface area contributed by atoms with Crippen molar-refractivity contribution in [3.8, 4) is 5.75 Å². The number of benzene rings is 2. The van der Waals surface area contributed by atoms with Gasteiger partial charge in [-0.3, -0.25) is 4.79 Å². The second-order valence-corrected chi connectivity index (χ2v) is 5.80. The zero-order valence-corrected chi connectivity index (χ0v) is 11.8. The van der Waals surface area contributed by atoms with Gasteiger partial charge in [0.15, 0.2) is 0 Å². The van der Waals surface area contributed by atoms with Crippen LogP contribution in [0.15, 0.2) is 36.4 Å². The average Bonchev–Trinajstić information content (AvgIpc) is 2.93. The lowest BCUT2D eigenvalue weighted by atomic mass is 10.0. The predicted molar refractivity (Wildman–Crippen MR) is 81.4 cm³/mol. The topological polar surface area (TPSA) is 69.6 Å². The molecule has 2 aromatic carbocycles. The summed E-state index contributed by atoms with van der Waals surface area (Å²) in [5.74, 6) is -0.359. The molecule has 1 amide bonds. The van der Waals surface area contributed by atoms with Crippen molar-refractivity contribution in [1.29, 1.82) is 0 Å². The Balaban J connectivity index is 1.80. The molecule has 0 aromatic heterocycles. The number of hydrogen-bond donors (Lipinski definition) is 3. The SMILES string of the molecule is O=C(NCC1(O)CCCC1)c1ccc2ccccc2c1O. The van der Waals surface area contributed by atoms with E-state index >= 15 is 0 Å². The van der Waals surface area contributed by atoms with E-state index in [1.54, 1.807) is 12.1 Å². The van der Waals surface area contributed by atoms with Crippen LogP contribution in [-0.2, 0) is 0 Å². The summed E-state index contributed by atoms with van der Waals surface area (Å²) >= 11 is 0. The third-order valence-electron chi connectivity index (χ3n) is 4.26. The molecule has 21 heavy (non-hydrogen) atoms. The molecule has 1 aliphatic rings. The fourth-order valence-electron chi connectivity index (χ4n) is 2.99. The van der Waals surface area contributed by atoms with Crippen molar-refractivity contribution in [2.75, 3.05) is 6.54 Å². The van der Waals surface area contributed by atoms with Gasteiger partial charge < -0.3 is 15.5 Å². The second-order valence-electron chi connectivity index (χ2n) is 5.80. The Morgan fingerprint density at radius 2 is 1.86 bits per heavy atom. The number of amides is 1. The first-order valence-electron chi connectivity index (χ1n) is 7.30. The maximum absolute atomic E-state index is 12.2.